The summed E-state index contributed by atoms with van der Waals surface area (Å²) < 4.78 is 4.61. The molecule has 90 valence electrons. The van der Waals surface area contributed by atoms with E-state index in [4.69, 9.17) is 0 Å². The second-order valence-electron chi connectivity index (χ2n) is 5.82. The molecule has 0 saturated carbocycles. The number of hydrogen-bond donors (Lipinski definition) is 0. The summed E-state index contributed by atoms with van der Waals surface area (Å²) in [6.45, 7) is 4.67. The minimum atomic E-state index is 0.0505. The van der Waals surface area contributed by atoms with Crippen LogP contribution in [0.1, 0.15) is 19.4 Å². The van der Waals surface area contributed by atoms with Crippen LogP contribution in [-0.2, 0) is 18.0 Å². The smallest absolute Gasteiger partial charge is 0.142 e. The number of nitrogens with zero attached hydrogens (tertiary/aromatic N) is 2. The van der Waals surface area contributed by atoms with Crippen LogP contribution < -0.4 is 4.68 Å². The van der Waals surface area contributed by atoms with Crippen LogP contribution in [0.15, 0.2) is 48.7 Å². The van der Waals surface area contributed by atoms with Crippen LogP contribution in [-0.4, -0.2) is 4.68 Å². The van der Waals surface area contributed by atoms with Gasteiger partial charge in [0.25, 0.3) is 0 Å². The molecule has 2 aliphatic rings. The number of allylic oxidation sites excluding steroid dienone is 2. The molecule has 0 spiro atoms. The van der Waals surface area contributed by atoms with E-state index >= 15 is 0 Å². The Morgan fingerprint density at radius 2 is 1.83 bits per heavy atom. The highest BCUT2D eigenvalue weighted by molar-refractivity contribution is 5.71. The predicted molar refractivity (Wildman–Crippen MR) is 71.2 cm³/mol. The monoisotopic (exact) mass is 237 g/mol. The Labute approximate surface area is 107 Å². The molecule has 2 heterocycles. The van der Waals surface area contributed by atoms with Gasteiger partial charge in [-0.05, 0) is 19.4 Å². The summed E-state index contributed by atoms with van der Waals surface area (Å²) in [5, 5.41) is 0. The lowest BCUT2D eigenvalue weighted by atomic mass is 9.57. The molecule has 1 aromatic carbocycles. The summed E-state index contributed by atoms with van der Waals surface area (Å²) in [6.07, 6.45) is 6.82. The van der Waals surface area contributed by atoms with Gasteiger partial charge in [-0.2, -0.15) is 0 Å². The highest BCUT2D eigenvalue weighted by Crippen LogP contribution is 2.55. The second kappa shape index (κ2) is 2.77. The Morgan fingerprint density at radius 3 is 2.56 bits per heavy atom. The molecule has 4 rings (SSSR count). The van der Waals surface area contributed by atoms with Gasteiger partial charge >= 0.3 is 0 Å². The predicted octanol–water partition coefficient (Wildman–Crippen LogP) is 2.54. The van der Waals surface area contributed by atoms with Gasteiger partial charge in [0.15, 0.2) is 13.2 Å². The van der Waals surface area contributed by atoms with Crippen LogP contribution in [0.5, 0.6) is 0 Å². The Kier molecular flexibility index (Phi) is 1.56. The number of benzene rings is 1. The average Bonchev–Trinajstić information content (AvgIpc) is 2.77. The Balaban J connectivity index is 2.18. The van der Waals surface area contributed by atoms with E-state index in [-0.39, 0.29) is 11.0 Å². The van der Waals surface area contributed by atoms with Crippen LogP contribution in [0, 0.1) is 0 Å². The largest absolute Gasteiger partial charge is 0.196 e. The maximum absolute atomic E-state index is 2.41. The first-order chi connectivity index (χ1) is 8.58. The van der Waals surface area contributed by atoms with Crippen molar-refractivity contribution in [2.75, 3.05) is 0 Å². The van der Waals surface area contributed by atoms with E-state index in [2.05, 4.69) is 78.9 Å². The van der Waals surface area contributed by atoms with Crippen molar-refractivity contribution in [3.05, 3.63) is 54.2 Å². The van der Waals surface area contributed by atoms with Crippen molar-refractivity contribution in [1.82, 2.24) is 4.68 Å². The van der Waals surface area contributed by atoms with Crippen molar-refractivity contribution in [3.8, 4) is 11.3 Å². The van der Waals surface area contributed by atoms with E-state index in [1.807, 2.05) is 0 Å². The van der Waals surface area contributed by atoms with E-state index in [9.17, 15) is 0 Å². The summed E-state index contributed by atoms with van der Waals surface area (Å²) in [4.78, 5) is 0. The number of aromatic nitrogens is 2. The zero-order chi connectivity index (χ0) is 12.5. The summed E-state index contributed by atoms with van der Waals surface area (Å²) in [7, 11) is 2.12. The van der Waals surface area contributed by atoms with Crippen molar-refractivity contribution in [1.29, 1.82) is 0 Å². The molecule has 2 heteroatoms. The second-order valence-corrected chi connectivity index (χ2v) is 5.82. The lowest BCUT2D eigenvalue weighted by Crippen LogP contribution is -2.62. The number of aryl methyl sites for hydroxylation is 1. The maximum Gasteiger partial charge on any atom is 0.196 e. The van der Waals surface area contributed by atoms with Gasteiger partial charge in [0.2, 0.25) is 0 Å². The molecule has 2 unspecified atom stereocenters. The van der Waals surface area contributed by atoms with Gasteiger partial charge in [-0.15, -0.1) is 9.36 Å². The topological polar surface area (TPSA) is 8.81 Å². The van der Waals surface area contributed by atoms with E-state index in [1.54, 1.807) is 0 Å². The third kappa shape index (κ3) is 0.838. The molecule has 2 nitrogen and oxygen atoms in total. The summed E-state index contributed by atoms with van der Waals surface area (Å²) in [5.74, 6) is 0. The Bertz CT molecular complexity index is 695. The van der Waals surface area contributed by atoms with E-state index < -0.39 is 0 Å². The highest BCUT2D eigenvalue weighted by atomic mass is 15.4. The van der Waals surface area contributed by atoms with E-state index in [0.29, 0.717) is 0 Å². The molecule has 2 atom stereocenters. The van der Waals surface area contributed by atoms with Crippen LogP contribution in [0.25, 0.3) is 11.3 Å². The minimum absolute atomic E-state index is 0.0505. The maximum atomic E-state index is 2.41. The molecule has 0 fully saturated rings. The highest BCUT2D eigenvalue weighted by Gasteiger charge is 2.57. The summed E-state index contributed by atoms with van der Waals surface area (Å²) in [6, 6.07) is 11.0. The van der Waals surface area contributed by atoms with E-state index in [0.717, 1.165) is 0 Å². The molecule has 1 aliphatic carbocycles. The van der Waals surface area contributed by atoms with Crippen molar-refractivity contribution < 1.29 is 4.68 Å². The van der Waals surface area contributed by atoms with Gasteiger partial charge in [0.05, 0.1) is 0 Å². The molecule has 0 saturated heterocycles. The van der Waals surface area contributed by atoms with Crippen molar-refractivity contribution >= 4 is 0 Å². The molecule has 0 bridgehead atoms. The van der Waals surface area contributed by atoms with Gasteiger partial charge in [-0.3, -0.25) is 0 Å². The third-order valence-electron chi connectivity index (χ3n) is 4.99. The van der Waals surface area contributed by atoms with Crippen molar-refractivity contribution in [3.63, 3.8) is 0 Å². The molecule has 0 radical (unpaired) electrons. The molecular weight excluding hydrogens is 220 g/mol. The van der Waals surface area contributed by atoms with Crippen LogP contribution in [0.2, 0.25) is 0 Å². The fourth-order valence-electron chi connectivity index (χ4n) is 3.65. The lowest BCUT2D eigenvalue weighted by Gasteiger charge is -2.52. The van der Waals surface area contributed by atoms with Crippen LogP contribution in [0.3, 0.4) is 0 Å². The van der Waals surface area contributed by atoms with Crippen LogP contribution in [0.4, 0.5) is 0 Å². The molecule has 0 N–H and O–H groups in total. The van der Waals surface area contributed by atoms with Crippen LogP contribution >= 0.6 is 0 Å². The first kappa shape index (κ1) is 10.1. The van der Waals surface area contributed by atoms with Crippen molar-refractivity contribution in [2.45, 2.75) is 24.8 Å². The third-order valence-corrected chi connectivity index (χ3v) is 4.99. The molecule has 0 amide bonds. The normalized spacial score (nSPS) is 31.3. The van der Waals surface area contributed by atoms with Gasteiger partial charge in [0.1, 0.15) is 11.2 Å². The quantitative estimate of drug-likeness (QED) is 0.492. The number of hydrogen-bond acceptors (Lipinski definition) is 0. The minimum Gasteiger partial charge on any atom is -0.142 e. The van der Waals surface area contributed by atoms with Gasteiger partial charge in [-0.1, -0.05) is 36.4 Å². The SMILES string of the molecule is C[n+]1ccc2n1C1(C)C=CC1(C)c1ccccc1-2. The standard InChI is InChI=1S/C16H17N2/c1-15-9-10-16(15,2)18-14(8-11-17(18)3)12-6-4-5-7-13(12)15/h4-11H,1-3H3/q+1. The first-order valence-electron chi connectivity index (χ1n) is 6.46. The first-order valence-corrected chi connectivity index (χ1v) is 6.46. The summed E-state index contributed by atoms with van der Waals surface area (Å²) >= 11 is 0. The average molecular weight is 237 g/mol. The molecule has 1 aliphatic heterocycles. The zero-order valence-electron chi connectivity index (χ0n) is 11.0. The number of fused-ring (bicyclic) bond motifs is 6. The fourth-order valence-corrected chi connectivity index (χ4v) is 3.65. The summed E-state index contributed by atoms with van der Waals surface area (Å²) in [5.41, 5.74) is 4.28. The molecular formula is C16H17N2+. The Hall–Kier alpha value is -1.83. The lowest BCUT2D eigenvalue weighted by molar-refractivity contribution is -0.760. The van der Waals surface area contributed by atoms with E-state index in [1.165, 1.54) is 16.8 Å². The molecule has 2 aromatic rings. The molecule has 1 aromatic heterocycles. The molecule has 18 heavy (non-hydrogen) atoms. The van der Waals surface area contributed by atoms with Crippen molar-refractivity contribution in [2.24, 2.45) is 7.05 Å². The fraction of sp³-hybridized carbons (Fsp3) is 0.312. The van der Waals surface area contributed by atoms with Gasteiger partial charge < -0.3 is 0 Å². The van der Waals surface area contributed by atoms with Gasteiger partial charge in [-0.25, -0.2) is 0 Å². The van der Waals surface area contributed by atoms with Gasteiger partial charge in [0, 0.05) is 17.0 Å². The number of rotatable bonds is 0. The Morgan fingerprint density at radius 1 is 1.06 bits per heavy atom. The zero-order valence-corrected chi connectivity index (χ0v) is 11.0.